The molecule has 0 aliphatic carbocycles. The average molecular weight is 304 g/mol. The number of carbonyl (C=O) groups is 1. The van der Waals surface area contributed by atoms with Crippen molar-refractivity contribution in [3.05, 3.63) is 34.4 Å². The molecule has 3 heteroatoms. The standard InChI is InChI=1S/C18H24O2S/c1-11-7-12(2)17(13(3)8-11)18(19)14-9-15-5-4-6-16(10-14)21(15)20/h7-8,14-16H,4-6,9-10H2,1-3H3. The highest BCUT2D eigenvalue weighted by Crippen LogP contribution is 2.38. The van der Waals surface area contributed by atoms with Crippen molar-refractivity contribution in [1.82, 2.24) is 0 Å². The van der Waals surface area contributed by atoms with E-state index in [-0.39, 0.29) is 16.4 Å². The number of fused-ring (bicyclic) bond motifs is 2. The van der Waals surface area contributed by atoms with Gasteiger partial charge in [-0.05, 0) is 57.6 Å². The van der Waals surface area contributed by atoms with Gasteiger partial charge in [0, 0.05) is 32.8 Å². The lowest BCUT2D eigenvalue weighted by Gasteiger charge is -2.37. The van der Waals surface area contributed by atoms with Crippen LogP contribution >= 0.6 is 0 Å². The molecule has 0 spiro atoms. The van der Waals surface area contributed by atoms with Gasteiger partial charge in [0.2, 0.25) is 0 Å². The number of ketones is 1. The zero-order valence-corrected chi connectivity index (χ0v) is 14.0. The third-order valence-electron chi connectivity index (χ3n) is 5.10. The minimum absolute atomic E-state index is 0.0816. The summed E-state index contributed by atoms with van der Waals surface area (Å²) in [4.78, 5) is 13.0. The number of hydrogen-bond donors (Lipinski definition) is 0. The molecule has 1 aromatic rings. The number of carbonyl (C=O) groups excluding carboxylic acids is 1. The molecular weight excluding hydrogens is 280 g/mol. The summed E-state index contributed by atoms with van der Waals surface area (Å²) in [5.74, 6) is 0.372. The first-order valence-corrected chi connectivity index (χ1v) is 9.26. The van der Waals surface area contributed by atoms with E-state index in [0.717, 1.165) is 42.4 Å². The predicted molar refractivity (Wildman–Crippen MR) is 87.3 cm³/mol. The van der Waals surface area contributed by atoms with Crippen LogP contribution < -0.4 is 0 Å². The largest absolute Gasteiger partial charge is 0.294 e. The molecule has 0 radical (unpaired) electrons. The minimum atomic E-state index is -0.696. The van der Waals surface area contributed by atoms with Crippen LogP contribution in [-0.2, 0) is 10.8 Å². The van der Waals surface area contributed by atoms with Crippen LogP contribution in [-0.4, -0.2) is 20.5 Å². The fraction of sp³-hybridized carbons (Fsp3) is 0.611. The van der Waals surface area contributed by atoms with E-state index in [1.165, 1.54) is 12.0 Å². The lowest BCUT2D eigenvalue weighted by Crippen LogP contribution is -2.41. The molecule has 1 aromatic carbocycles. The molecule has 0 amide bonds. The molecule has 2 fully saturated rings. The number of benzene rings is 1. The zero-order valence-electron chi connectivity index (χ0n) is 13.1. The maximum atomic E-state index is 13.0. The Morgan fingerprint density at radius 2 is 1.57 bits per heavy atom. The van der Waals surface area contributed by atoms with Gasteiger partial charge in [0.15, 0.2) is 5.78 Å². The molecule has 2 unspecified atom stereocenters. The highest BCUT2D eigenvalue weighted by Gasteiger charge is 2.40. The number of aryl methyl sites for hydroxylation is 3. The Morgan fingerprint density at radius 3 is 2.10 bits per heavy atom. The van der Waals surface area contributed by atoms with E-state index >= 15 is 0 Å². The molecule has 114 valence electrons. The van der Waals surface area contributed by atoms with Gasteiger partial charge in [0.1, 0.15) is 0 Å². The molecule has 3 rings (SSSR count). The monoisotopic (exact) mass is 304 g/mol. The quantitative estimate of drug-likeness (QED) is 0.777. The summed E-state index contributed by atoms with van der Waals surface area (Å²) in [5.41, 5.74) is 4.31. The van der Waals surface area contributed by atoms with Gasteiger partial charge in [0.05, 0.1) is 0 Å². The first kappa shape index (κ1) is 15.0. The lowest BCUT2D eigenvalue weighted by atomic mass is 9.82. The molecule has 2 aliphatic heterocycles. The van der Waals surface area contributed by atoms with Crippen LogP contribution in [0.5, 0.6) is 0 Å². The van der Waals surface area contributed by atoms with Crippen molar-refractivity contribution >= 4 is 16.6 Å². The van der Waals surface area contributed by atoms with Gasteiger partial charge in [-0.3, -0.25) is 9.00 Å². The lowest BCUT2D eigenvalue weighted by molar-refractivity contribution is 0.0894. The third-order valence-corrected chi connectivity index (χ3v) is 7.27. The second kappa shape index (κ2) is 5.68. The van der Waals surface area contributed by atoms with Crippen molar-refractivity contribution < 1.29 is 9.00 Å². The molecular formula is C18H24O2S. The average Bonchev–Trinajstić information content (AvgIpc) is 2.36. The van der Waals surface area contributed by atoms with Gasteiger partial charge < -0.3 is 0 Å². The molecule has 2 nitrogen and oxygen atoms in total. The maximum Gasteiger partial charge on any atom is 0.166 e. The summed E-state index contributed by atoms with van der Waals surface area (Å²) in [7, 11) is -0.696. The molecule has 21 heavy (non-hydrogen) atoms. The van der Waals surface area contributed by atoms with Gasteiger partial charge in [-0.25, -0.2) is 0 Å². The van der Waals surface area contributed by atoms with Crippen molar-refractivity contribution in [2.45, 2.75) is 63.4 Å². The summed E-state index contributed by atoms with van der Waals surface area (Å²) in [6.45, 7) is 6.15. The Balaban J connectivity index is 1.88. The van der Waals surface area contributed by atoms with Crippen LogP contribution in [0.4, 0.5) is 0 Å². The fourth-order valence-electron chi connectivity index (χ4n) is 4.22. The van der Waals surface area contributed by atoms with Crippen molar-refractivity contribution in [1.29, 1.82) is 0 Å². The van der Waals surface area contributed by atoms with Crippen molar-refractivity contribution in [2.24, 2.45) is 5.92 Å². The molecule has 2 aliphatic rings. The van der Waals surface area contributed by atoms with E-state index in [1.54, 1.807) is 0 Å². The highest BCUT2D eigenvalue weighted by molar-refractivity contribution is 7.86. The number of Topliss-reactive ketones (excluding diaryl/α,β-unsaturated/α-hetero) is 1. The minimum Gasteiger partial charge on any atom is -0.294 e. The Kier molecular flexibility index (Phi) is 4.04. The van der Waals surface area contributed by atoms with Gasteiger partial charge in [-0.15, -0.1) is 0 Å². The SMILES string of the molecule is Cc1cc(C)c(C(=O)C2CC3CCCC(C2)S3=O)c(C)c1. The topological polar surface area (TPSA) is 34.1 Å². The molecule has 0 aromatic heterocycles. The van der Waals surface area contributed by atoms with Gasteiger partial charge in [-0.1, -0.05) is 24.1 Å². The van der Waals surface area contributed by atoms with Gasteiger partial charge in [0.25, 0.3) is 0 Å². The van der Waals surface area contributed by atoms with E-state index in [1.807, 2.05) is 13.8 Å². The van der Waals surface area contributed by atoms with Crippen molar-refractivity contribution in [2.75, 3.05) is 0 Å². The van der Waals surface area contributed by atoms with Crippen LogP contribution in [0.2, 0.25) is 0 Å². The number of rotatable bonds is 2. The summed E-state index contributed by atoms with van der Waals surface area (Å²) >= 11 is 0. The maximum absolute atomic E-state index is 13.0. The summed E-state index contributed by atoms with van der Waals surface area (Å²) in [5, 5.41) is 0.523. The van der Waals surface area contributed by atoms with Crippen LogP contribution in [0.15, 0.2) is 12.1 Å². The first-order valence-electron chi connectivity index (χ1n) is 7.99. The fourth-order valence-corrected chi connectivity index (χ4v) is 6.41. The van der Waals surface area contributed by atoms with E-state index < -0.39 is 10.8 Å². The summed E-state index contributed by atoms with van der Waals surface area (Å²) < 4.78 is 12.3. The second-order valence-corrected chi connectivity index (χ2v) is 8.80. The van der Waals surface area contributed by atoms with Crippen LogP contribution in [0.3, 0.4) is 0 Å². The van der Waals surface area contributed by atoms with Crippen molar-refractivity contribution in [3.63, 3.8) is 0 Å². The smallest absolute Gasteiger partial charge is 0.166 e. The van der Waals surface area contributed by atoms with Crippen molar-refractivity contribution in [3.8, 4) is 0 Å². The molecule has 2 saturated heterocycles. The van der Waals surface area contributed by atoms with Gasteiger partial charge >= 0.3 is 0 Å². The van der Waals surface area contributed by atoms with E-state index in [4.69, 9.17) is 0 Å². The number of hydrogen-bond acceptors (Lipinski definition) is 2. The Hall–Kier alpha value is -0.960. The van der Waals surface area contributed by atoms with E-state index in [2.05, 4.69) is 19.1 Å². The highest BCUT2D eigenvalue weighted by atomic mass is 32.2. The Bertz CT molecular complexity index is 566. The van der Waals surface area contributed by atoms with Gasteiger partial charge in [-0.2, -0.15) is 0 Å². The first-order chi connectivity index (χ1) is 9.97. The molecule has 0 saturated carbocycles. The predicted octanol–water partition coefficient (Wildman–Crippen LogP) is 3.87. The van der Waals surface area contributed by atoms with Crippen LogP contribution in [0.1, 0.15) is 59.2 Å². The Labute approximate surface area is 129 Å². The molecule has 2 heterocycles. The van der Waals surface area contributed by atoms with Crippen LogP contribution in [0.25, 0.3) is 0 Å². The summed E-state index contributed by atoms with van der Waals surface area (Å²) in [6, 6.07) is 4.20. The molecule has 2 atom stereocenters. The summed E-state index contributed by atoms with van der Waals surface area (Å²) in [6.07, 6.45) is 4.92. The zero-order chi connectivity index (χ0) is 15.1. The molecule has 0 N–H and O–H groups in total. The van der Waals surface area contributed by atoms with E-state index in [9.17, 15) is 9.00 Å². The molecule has 2 bridgehead atoms. The normalized spacial score (nSPS) is 32.0. The Morgan fingerprint density at radius 1 is 1.05 bits per heavy atom. The second-order valence-electron chi connectivity index (χ2n) is 6.81. The van der Waals surface area contributed by atoms with E-state index in [0.29, 0.717) is 5.78 Å². The van der Waals surface area contributed by atoms with Crippen LogP contribution in [0, 0.1) is 26.7 Å². The third kappa shape index (κ3) is 2.73.